The summed E-state index contributed by atoms with van der Waals surface area (Å²) in [5.74, 6) is -0.367. The molecule has 1 heterocycles. The largest absolute Gasteiger partial charge is 0.294 e. The molecule has 1 unspecified atom stereocenters. The molecule has 4 rings (SSSR count). The van der Waals surface area contributed by atoms with Crippen LogP contribution in [0.25, 0.3) is 0 Å². The summed E-state index contributed by atoms with van der Waals surface area (Å²) in [5.41, 5.74) is 2.37. The van der Waals surface area contributed by atoms with Crippen molar-refractivity contribution in [3.63, 3.8) is 0 Å². The van der Waals surface area contributed by atoms with Gasteiger partial charge in [0.25, 0.3) is 5.91 Å². The minimum absolute atomic E-state index is 0.00331. The van der Waals surface area contributed by atoms with E-state index in [1.165, 1.54) is 18.3 Å². The molecule has 0 bridgehead atoms. The second-order valence-electron chi connectivity index (χ2n) is 6.71. The van der Waals surface area contributed by atoms with E-state index in [0.29, 0.717) is 34.1 Å². The van der Waals surface area contributed by atoms with E-state index in [0.717, 1.165) is 5.56 Å². The van der Waals surface area contributed by atoms with Gasteiger partial charge in [-0.05, 0) is 48.2 Å². The molecule has 1 atom stereocenters. The molecule has 29 heavy (non-hydrogen) atoms. The number of hydrogen-bond donors (Lipinski definition) is 1. The van der Waals surface area contributed by atoms with E-state index >= 15 is 0 Å². The van der Waals surface area contributed by atoms with Crippen LogP contribution >= 0.6 is 34.8 Å². The molecule has 5 nitrogen and oxygen atoms in total. The van der Waals surface area contributed by atoms with Crippen molar-refractivity contribution in [1.82, 2.24) is 9.97 Å². The van der Waals surface area contributed by atoms with Gasteiger partial charge in [-0.25, -0.2) is 9.97 Å². The van der Waals surface area contributed by atoms with Crippen molar-refractivity contribution in [1.29, 1.82) is 0 Å². The predicted octanol–water partition coefficient (Wildman–Crippen LogP) is 5.60. The normalized spacial score (nSPS) is 15.7. The first kappa shape index (κ1) is 19.8. The number of aromatic nitrogens is 2. The van der Waals surface area contributed by atoms with Crippen LogP contribution in [0.2, 0.25) is 15.1 Å². The molecule has 0 aliphatic heterocycles. The summed E-state index contributed by atoms with van der Waals surface area (Å²) in [4.78, 5) is 33.6. The number of rotatable bonds is 3. The monoisotopic (exact) mass is 445 g/mol. The lowest BCUT2D eigenvalue weighted by atomic mass is 9.82. The van der Waals surface area contributed by atoms with Crippen LogP contribution < -0.4 is 5.32 Å². The molecule has 1 aliphatic carbocycles. The molecule has 3 aromatic rings. The minimum Gasteiger partial charge on any atom is -0.294 e. The van der Waals surface area contributed by atoms with E-state index in [1.54, 1.807) is 18.2 Å². The number of Topliss-reactive ketones (excluding diaryl/α,β-unsaturated/α-hetero) is 1. The number of ketones is 1. The zero-order valence-electron chi connectivity index (χ0n) is 15.0. The van der Waals surface area contributed by atoms with Gasteiger partial charge in [0.05, 0.1) is 21.8 Å². The highest BCUT2D eigenvalue weighted by Gasteiger charge is 2.28. The van der Waals surface area contributed by atoms with E-state index in [1.807, 2.05) is 12.1 Å². The van der Waals surface area contributed by atoms with Crippen LogP contribution in [-0.4, -0.2) is 21.7 Å². The van der Waals surface area contributed by atoms with Gasteiger partial charge >= 0.3 is 0 Å². The van der Waals surface area contributed by atoms with E-state index in [-0.39, 0.29) is 28.2 Å². The minimum atomic E-state index is -0.456. The third-order valence-electron chi connectivity index (χ3n) is 4.78. The number of carbonyl (C=O) groups excluding carboxylic acids is 2. The lowest BCUT2D eigenvalue weighted by Gasteiger charge is -2.23. The number of nitrogens with one attached hydrogen (secondary N) is 1. The average Bonchev–Trinajstić information content (AvgIpc) is 2.68. The molecule has 146 valence electrons. The molecular weight excluding hydrogens is 433 g/mol. The molecule has 1 N–H and O–H groups in total. The number of benzene rings is 2. The van der Waals surface area contributed by atoms with Crippen molar-refractivity contribution in [2.45, 2.75) is 18.8 Å². The second-order valence-corrected chi connectivity index (χ2v) is 7.99. The maximum Gasteiger partial charge on any atom is 0.259 e. The van der Waals surface area contributed by atoms with E-state index in [2.05, 4.69) is 15.3 Å². The van der Waals surface area contributed by atoms with E-state index in [9.17, 15) is 9.59 Å². The SMILES string of the molecule is O=C(Nc1ncc2c(n1)CC(c1ccc(Cl)cc1)CC2=O)c1ccc(Cl)cc1Cl. The van der Waals surface area contributed by atoms with Crippen LogP contribution in [0.1, 0.15) is 44.3 Å². The van der Waals surface area contributed by atoms with Gasteiger partial charge in [0.2, 0.25) is 5.95 Å². The van der Waals surface area contributed by atoms with Gasteiger partial charge in [-0.15, -0.1) is 0 Å². The fraction of sp³-hybridized carbons (Fsp3) is 0.143. The lowest BCUT2D eigenvalue weighted by molar-refractivity contribution is 0.0962. The summed E-state index contributed by atoms with van der Waals surface area (Å²) in [6.45, 7) is 0. The topological polar surface area (TPSA) is 72.0 Å². The highest BCUT2D eigenvalue weighted by molar-refractivity contribution is 6.37. The van der Waals surface area contributed by atoms with Gasteiger partial charge in [-0.2, -0.15) is 0 Å². The molecular formula is C21H14Cl3N3O2. The smallest absolute Gasteiger partial charge is 0.259 e. The number of fused-ring (bicyclic) bond motifs is 1. The van der Waals surface area contributed by atoms with Crippen molar-refractivity contribution in [3.05, 3.63) is 86.1 Å². The van der Waals surface area contributed by atoms with E-state index in [4.69, 9.17) is 34.8 Å². The fourth-order valence-corrected chi connectivity index (χ4v) is 3.94. The van der Waals surface area contributed by atoms with Gasteiger partial charge in [0.15, 0.2) is 5.78 Å². The maximum absolute atomic E-state index is 12.5. The first-order chi connectivity index (χ1) is 13.9. The summed E-state index contributed by atoms with van der Waals surface area (Å²) in [6, 6.07) is 12.0. The molecule has 8 heteroatoms. The molecule has 0 saturated carbocycles. The first-order valence-corrected chi connectivity index (χ1v) is 9.95. The third kappa shape index (κ3) is 4.27. The van der Waals surface area contributed by atoms with Gasteiger partial charge in [0, 0.05) is 22.7 Å². The van der Waals surface area contributed by atoms with Crippen LogP contribution in [-0.2, 0) is 6.42 Å². The van der Waals surface area contributed by atoms with Gasteiger partial charge in [0.1, 0.15) is 0 Å². The molecule has 0 radical (unpaired) electrons. The Morgan fingerprint density at radius 1 is 1.00 bits per heavy atom. The third-order valence-corrected chi connectivity index (χ3v) is 5.58. The molecule has 0 saturated heterocycles. The number of carbonyl (C=O) groups is 2. The average molecular weight is 447 g/mol. The number of nitrogens with zero attached hydrogens (tertiary/aromatic N) is 2. The Kier molecular flexibility index (Phi) is 5.54. The van der Waals surface area contributed by atoms with Crippen molar-refractivity contribution < 1.29 is 9.59 Å². The summed E-state index contributed by atoms with van der Waals surface area (Å²) in [5, 5.41) is 3.93. The molecule has 0 spiro atoms. The first-order valence-electron chi connectivity index (χ1n) is 8.81. The second kappa shape index (κ2) is 8.11. The maximum atomic E-state index is 12.5. The van der Waals surface area contributed by atoms with Crippen LogP contribution in [0.4, 0.5) is 5.95 Å². The summed E-state index contributed by atoms with van der Waals surface area (Å²) >= 11 is 17.9. The van der Waals surface area contributed by atoms with Gasteiger partial charge in [-0.3, -0.25) is 14.9 Å². The number of amides is 1. The Labute approximate surface area is 182 Å². The zero-order chi connectivity index (χ0) is 20.5. The van der Waals surface area contributed by atoms with Gasteiger partial charge in [-0.1, -0.05) is 46.9 Å². The number of hydrogen-bond acceptors (Lipinski definition) is 4. The predicted molar refractivity (Wildman–Crippen MR) is 113 cm³/mol. The Hall–Kier alpha value is -2.47. The Bertz CT molecular complexity index is 1120. The van der Waals surface area contributed by atoms with Crippen molar-refractivity contribution in [3.8, 4) is 0 Å². The molecule has 1 amide bonds. The van der Waals surface area contributed by atoms with Crippen LogP contribution in [0.5, 0.6) is 0 Å². The Morgan fingerprint density at radius 2 is 1.72 bits per heavy atom. The number of halogens is 3. The summed E-state index contributed by atoms with van der Waals surface area (Å²) < 4.78 is 0. The summed E-state index contributed by atoms with van der Waals surface area (Å²) in [7, 11) is 0. The fourth-order valence-electron chi connectivity index (χ4n) is 3.32. The molecule has 1 aliphatic rings. The van der Waals surface area contributed by atoms with E-state index < -0.39 is 5.91 Å². The summed E-state index contributed by atoms with van der Waals surface area (Å²) in [6.07, 6.45) is 2.40. The van der Waals surface area contributed by atoms with Gasteiger partial charge < -0.3 is 0 Å². The Balaban J connectivity index is 1.58. The quantitative estimate of drug-likeness (QED) is 0.568. The highest BCUT2D eigenvalue weighted by Crippen LogP contribution is 2.32. The Morgan fingerprint density at radius 3 is 2.45 bits per heavy atom. The van der Waals surface area contributed by atoms with Crippen LogP contribution in [0, 0.1) is 0 Å². The van der Waals surface area contributed by atoms with Crippen molar-refractivity contribution in [2.24, 2.45) is 0 Å². The standard InChI is InChI=1S/C21H14Cl3N3O2/c22-13-3-1-11(2-4-13)12-7-18-16(19(28)8-12)10-25-21(26-18)27-20(29)15-6-5-14(23)9-17(15)24/h1-6,9-10,12H,7-8H2,(H,25,26,27,29). The molecule has 2 aromatic carbocycles. The lowest BCUT2D eigenvalue weighted by Crippen LogP contribution is -2.22. The highest BCUT2D eigenvalue weighted by atomic mass is 35.5. The zero-order valence-corrected chi connectivity index (χ0v) is 17.2. The van der Waals surface area contributed by atoms with Crippen LogP contribution in [0.15, 0.2) is 48.7 Å². The van der Waals surface area contributed by atoms with Crippen molar-refractivity contribution >= 4 is 52.4 Å². The number of anilines is 1. The molecule has 0 fully saturated rings. The molecule has 1 aromatic heterocycles. The van der Waals surface area contributed by atoms with Crippen LogP contribution in [0.3, 0.4) is 0 Å². The van der Waals surface area contributed by atoms with Crippen molar-refractivity contribution in [2.75, 3.05) is 5.32 Å².